The van der Waals surface area contributed by atoms with Gasteiger partial charge in [0, 0.05) is 10.6 Å². The van der Waals surface area contributed by atoms with Crippen molar-refractivity contribution in [1.29, 1.82) is 0 Å². The van der Waals surface area contributed by atoms with E-state index in [9.17, 15) is 0 Å². The Morgan fingerprint density at radius 3 is 2.10 bits per heavy atom. The van der Waals surface area contributed by atoms with E-state index in [2.05, 4.69) is 72.8 Å². The summed E-state index contributed by atoms with van der Waals surface area (Å²) in [6.45, 7) is 0. The molecule has 1 heteroatoms. The van der Waals surface area contributed by atoms with E-state index in [1.807, 2.05) is 6.07 Å². The van der Waals surface area contributed by atoms with Crippen LogP contribution in [0.5, 0.6) is 0 Å². The predicted octanol–water partition coefficient (Wildman–Crippen LogP) is 6.31. The molecule has 0 spiro atoms. The van der Waals surface area contributed by atoms with E-state index in [1.165, 1.54) is 21.5 Å². The SMILES string of the molecule is Clc1ccc2ccccc2c1-c1ccc2ccccc2c1. The maximum atomic E-state index is 6.49. The molecule has 0 aliphatic rings. The van der Waals surface area contributed by atoms with Crippen LogP contribution in [0.15, 0.2) is 78.9 Å². The standard InChI is InChI=1S/C20H13Cl/c21-19-12-11-15-6-3-4-8-18(15)20(19)17-10-9-14-5-1-2-7-16(14)13-17/h1-13H. The number of halogens is 1. The van der Waals surface area contributed by atoms with E-state index in [4.69, 9.17) is 11.6 Å². The van der Waals surface area contributed by atoms with Gasteiger partial charge < -0.3 is 0 Å². The van der Waals surface area contributed by atoms with Crippen LogP contribution in [0.1, 0.15) is 0 Å². The van der Waals surface area contributed by atoms with Crippen LogP contribution in [-0.2, 0) is 0 Å². The van der Waals surface area contributed by atoms with Crippen molar-refractivity contribution in [2.75, 3.05) is 0 Å². The fourth-order valence-electron chi connectivity index (χ4n) is 2.88. The predicted molar refractivity (Wildman–Crippen MR) is 91.9 cm³/mol. The van der Waals surface area contributed by atoms with Gasteiger partial charge in [0.25, 0.3) is 0 Å². The second kappa shape index (κ2) is 4.91. The number of hydrogen-bond donors (Lipinski definition) is 0. The Kier molecular flexibility index (Phi) is 2.90. The average Bonchev–Trinajstić information content (AvgIpc) is 2.54. The summed E-state index contributed by atoms with van der Waals surface area (Å²) < 4.78 is 0. The number of benzene rings is 4. The van der Waals surface area contributed by atoms with Gasteiger partial charge in [-0.3, -0.25) is 0 Å². The lowest BCUT2D eigenvalue weighted by Crippen LogP contribution is -1.84. The fourth-order valence-corrected chi connectivity index (χ4v) is 3.16. The van der Waals surface area contributed by atoms with Crippen LogP contribution in [0.3, 0.4) is 0 Å². The van der Waals surface area contributed by atoms with Crippen molar-refractivity contribution in [2.45, 2.75) is 0 Å². The molecule has 0 atom stereocenters. The van der Waals surface area contributed by atoms with Crippen molar-refractivity contribution >= 4 is 33.1 Å². The fraction of sp³-hybridized carbons (Fsp3) is 0. The zero-order valence-corrected chi connectivity index (χ0v) is 12.1. The van der Waals surface area contributed by atoms with E-state index in [1.54, 1.807) is 0 Å². The molecule has 21 heavy (non-hydrogen) atoms. The molecule has 0 unspecified atom stereocenters. The average molecular weight is 289 g/mol. The molecule has 4 aromatic carbocycles. The molecule has 0 aliphatic heterocycles. The van der Waals surface area contributed by atoms with Crippen molar-refractivity contribution in [1.82, 2.24) is 0 Å². The third-order valence-electron chi connectivity index (χ3n) is 3.92. The molecule has 0 N–H and O–H groups in total. The molecule has 0 aliphatic carbocycles. The summed E-state index contributed by atoms with van der Waals surface area (Å²) >= 11 is 6.49. The maximum absolute atomic E-state index is 6.49. The van der Waals surface area contributed by atoms with Crippen molar-refractivity contribution in [3.8, 4) is 11.1 Å². The van der Waals surface area contributed by atoms with Gasteiger partial charge in [0.2, 0.25) is 0 Å². The highest BCUT2D eigenvalue weighted by molar-refractivity contribution is 6.35. The first kappa shape index (κ1) is 12.4. The van der Waals surface area contributed by atoms with Gasteiger partial charge in [-0.15, -0.1) is 0 Å². The first-order chi connectivity index (χ1) is 10.3. The van der Waals surface area contributed by atoms with E-state index >= 15 is 0 Å². The van der Waals surface area contributed by atoms with Crippen LogP contribution < -0.4 is 0 Å². The zero-order chi connectivity index (χ0) is 14.2. The maximum Gasteiger partial charge on any atom is 0.0490 e. The summed E-state index contributed by atoms with van der Waals surface area (Å²) in [4.78, 5) is 0. The Labute approximate surface area is 128 Å². The molecule has 0 saturated heterocycles. The van der Waals surface area contributed by atoms with Crippen molar-refractivity contribution in [3.05, 3.63) is 83.9 Å². The van der Waals surface area contributed by atoms with E-state index in [0.29, 0.717) is 0 Å². The molecule has 0 amide bonds. The minimum Gasteiger partial charge on any atom is -0.0836 e. The number of fused-ring (bicyclic) bond motifs is 2. The smallest absolute Gasteiger partial charge is 0.0490 e. The largest absolute Gasteiger partial charge is 0.0836 e. The lowest BCUT2D eigenvalue weighted by molar-refractivity contribution is 1.68. The van der Waals surface area contributed by atoms with Crippen molar-refractivity contribution < 1.29 is 0 Å². The topological polar surface area (TPSA) is 0 Å². The highest BCUT2D eigenvalue weighted by Gasteiger charge is 2.09. The first-order valence-corrected chi connectivity index (χ1v) is 7.37. The van der Waals surface area contributed by atoms with Crippen molar-refractivity contribution in [2.24, 2.45) is 0 Å². The van der Waals surface area contributed by atoms with E-state index in [0.717, 1.165) is 16.1 Å². The van der Waals surface area contributed by atoms with Gasteiger partial charge in [0.05, 0.1) is 0 Å². The minimum absolute atomic E-state index is 0.795. The molecule has 0 heterocycles. The third-order valence-corrected chi connectivity index (χ3v) is 4.23. The van der Waals surface area contributed by atoms with Gasteiger partial charge in [0.1, 0.15) is 0 Å². The zero-order valence-electron chi connectivity index (χ0n) is 11.4. The summed E-state index contributed by atoms with van der Waals surface area (Å²) in [7, 11) is 0. The number of rotatable bonds is 1. The molecule has 0 saturated carbocycles. The van der Waals surface area contributed by atoms with Crippen LogP contribution in [-0.4, -0.2) is 0 Å². The molecule has 100 valence electrons. The lowest BCUT2D eigenvalue weighted by atomic mass is 9.96. The van der Waals surface area contributed by atoms with Crippen molar-refractivity contribution in [3.63, 3.8) is 0 Å². The summed E-state index contributed by atoms with van der Waals surface area (Å²) in [5.41, 5.74) is 2.27. The van der Waals surface area contributed by atoms with Crippen LogP contribution in [0.4, 0.5) is 0 Å². The normalized spacial score (nSPS) is 11.1. The first-order valence-electron chi connectivity index (χ1n) is 6.99. The molecule has 4 rings (SSSR count). The molecule has 0 bridgehead atoms. The van der Waals surface area contributed by atoms with Crippen LogP contribution >= 0.6 is 11.6 Å². The molecule has 4 aromatic rings. The highest BCUT2D eigenvalue weighted by atomic mass is 35.5. The monoisotopic (exact) mass is 288 g/mol. The van der Waals surface area contributed by atoms with E-state index in [-0.39, 0.29) is 0 Å². The second-order valence-electron chi connectivity index (χ2n) is 5.21. The summed E-state index contributed by atoms with van der Waals surface area (Å²) in [6, 6.07) is 27.3. The molecule has 0 fully saturated rings. The molecular weight excluding hydrogens is 276 g/mol. The minimum atomic E-state index is 0.795. The summed E-state index contributed by atoms with van der Waals surface area (Å²) in [6.07, 6.45) is 0. The lowest BCUT2D eigenvalue weighted by Gasteiger charge is -2.10. The Balaban J connectivity index is 2.05. The van der Waals surface area contributed by atoms with Crippen LogP contribution in [0, 0.1) is 0 Å². The Bertz CT molecular complexity index is 954. The second-order valence-corrected chi connectivity index (χ2v) is 5.61. The molecular formula is C20H13Cl. The van der Waals surface area contributed by atoms with Crippen LogP contribution in [0.25, 0.3) is 32.7 Å². The Morgan fingerprint density at radius 2 is 1.24 bits per heavy atom. The van der Waals surface area contributed by atoms with Gasteiger partial charge >= 0.3 is 0 Å². The quantitative estimate of drug-likeness (QED) is 0.385. The summed E-state index contributed by atoms with van der Waals surface area (Å²) in [5.74, 6) is 0. The third kappa shape index (κ3) is 2.09. The highest BCUT2D eigenvalue weighted by Crippen LogP contribution is 2.36. The molecule has 0 nitrogen and oxygen atoms in total. The number of hydrogen-bond acceptors (Lipinski definition) is 0. The van der Waals surface area contributed by atoms with Gasteiger partial charge in [0.15, 0.2) is 0 Å². The van der Waals surface area contributed by atoms with Gasteiger partial charge in [-0.05, 0) is 39.2 Å². The van der Waals surface area contributed by atoms with Gasteiger partial charge in [-0.1, -0.05) is 78.3 Å². The Hall–Kier alpha value is -2.31. The molecule has 0 radical (unpaired) electrons. The van der Waals surface area contributed by atoms with Gasteiger partial charge in [-0.2, -0.15) is 0 Å². The van der Waals surface area contributed by atoms with Crippen LogP contribution in [0.2, 0.25) is 5.02 Å². The molecule has 0 aromatic heterocycles. The van der Waals surface area contributed by atoms with E-state index < -0.39 is 0 Å². The Morgan fingerprint density at radius 1 is 0.571 bits per heavy atom. The summed E-state index contributed by atoms with van der Waals surface area (Å²) in [5, 5.41) is 5.69. The van der Waals surface area contributed by atoms with Gasteiger partial charge in [-0.25, -0.2) is 0 Å².